The van der Waals surface area contributed by atoms with Crippen molar-refractivity contribution in [2.75, 3.05) is 10.9 Å². The van der Waals surface area contributed by atoms with Crippen LogP contribution in [0.5, 0.6) is 0 Å². The average molecular weight is 531 g/mol. The first-order valence-corrected chi connectivity index (χ1v) is 14.9. The lowest BCUT2D eigenvalue weighted by molar-refractivity contribution is 0.111. The minimum Gasteiger partial charge on any atom is -0.449 e. The summed E-state index contributed by atoms with van der Waals surface area (Å²) in [6.45, 7) is 3.99. The van der Waals surface area contributed by atoms with E-state index in [0.717, 1.165) is 72.5 Å². The number of para-hydroxylation sites is 1. The molecule has 38 heavy (non-hydrogen) atoms. The van der Waals surface area contributed by atoms with Crippen LogP contribution in [0.4, 0.5) is 10.5 Å². The Bertz CT molecular complexity index is 1430. The molecule has 0 fully saturated rings. The van der Waals surface area contributed by atoms with Crippen molar-refractivity contribution in [1.82, 2.24) is 4.90 Å². The number of rotatable bonds is 4. The van der Waals surface area contributed by atoms with E-state index in [1.54, 1.807) is 60.4 Å². The van der Waals surface area contributed by atoms with Crippen molar-refractivity contribution in [2.45, 2.75) is 76.2 Å². The Labute approximate surface area is 226 Å². The standard InChI is InChI=1S/C31H34N2O4S/c1-3-37-31(34)33-29-16-10-9-15-27(29)26-13-7-8-14-28(26)30(33)21-22-32(24-11-5-4-6-12-24)38(35,36)25-19-17-23(2)18-20-25/h4-6,11-12,17-20,30H,3,7-10,13-16H2,1-2H3. The third-order valence-corrected chi connectivity index (χ3v) is 9.16. The van der Waals surface area contributed by atoms with Gasteiger partial charge in [-0.15, -0.1) is 0 Å². The van der Waals surface area contributed by atoms with Crippen molar-refractivity contribution in [3.63, 3.8) is 0 Å². The number of nitrogens with zero attached hydrogens (tertiary/aromatic N) is 2. The number of anilines is 1. The first-order chi connectivity index (χ1) is 18.4. The number of aryl methyl sites for hydroxylation is 1. The molecule has 0 bridgehead atoms. The number of ether oxygens (including phenoxy) is 1. The van der Waals surface area contributed by atoms with E-state index in [9.17, 15) is 13.2 Å². The van der Waals surface area contributed by atoms with Crippen LogP contribution >= 0.6 is 0 Å². The maximum Gasteiger partial charge on any atom is 0.415 e. The fraction of sp³-hybridized carbons (Fsp3) is 0.387. The summed E-state index contributed by atoms with van der Waals surface area (Å²) in [4.78, 5) is 15.2. The highest BCUT2D eigenvalue weighted by atomic mass is 32.2. The number of hydrogen-bond acceptors (Lipinski definition) is 4. The summed E-state index contributed by atoms with van der Waals surface area (Å²) in [7, 11) is -3.98. The van der Waals surface area contributed by atoms with Gasteiger partial charge in [0.2, 0.25) is 0 Å². The predicted octanol–water partition coefficient (Wildman–Crippen LogP) is 6.69. The van der Waals surface area contributed by atoms with Crippen molar-refractivity contribution in [2.24, 2.45) is 0 Å². The lowest BCUT2D eigenvalue weighted by Crippen LogP contribution is -2.45. The summed E-state index contributed by atoms with van der Waals surface area (Å²) in [5.41, 5.74) is 6.18. The molecule has 1 amide bonds. The molecule has 6 nitrogen and oxygen atoms in total. The zero-order chi connectivity index (χ0) is 26.7. The van der Waals surface area contributed by atoms with Gasteiger partial charge in [-0.05, 0) is 112 Å². The number of benzene rings is 2. The Morgan fingerprint density at radius 1 is 0.947 bits per heavy atom. The van der Waals surface area contributed by atoms with Crippen LogP contribution < -0.4 is 4.31 Å². The third kappa shape index (κ3) is 4.98. The summed E-state index contributed by atoms with van der Waals surface area (Å²) in [6.07, 6.45) is 7.44. The monoisotopic (exact) mass is 530 g/mol. The molecule has 0 saturated heterocycles. The number of allylic oxidation sites excluding steroid dienone is 3. The molecule has 1 heterocycles. The normalized spacial score (nSPS) is 19.2. The summed E-state index contributed by atoms with van der Waals surface area (Å²) in [6, 6.07) is 18.1. The summed E-state index contributed by atoms with van der Waals surface area (Å²) in [5, 5.41) is 0. The topological polar surface area (TPSA) is 66.9 Å². The lowest BCUT2D eigenvalue weighted by Gasteiger charge is -2.42. The van der Waals surface area contributed by atoms with Crippen LogP contribution in [0.15, 0.2) is 81.9 Å². The number of fused-ring (bicyclic) bond motifs is 1. The summed E-state index contributed by atoms with van der Waals surface area (Å²) < 4.78 is 34.3. The number of hydrogen-bond donors (Lipinski definition) is 0. The molecule has 2 aromatic rings. The van der Waals surface area contributed by atoms with Crippen LogP contribution in [-0.2, 0) is 14.8 Å². The van der Waals surface area contributed by atoms with Crippen LogP contribution in [0.3, 0.4) is 0 Å². The first kappa shape index (κ1) is 26.1. The fourth-order valence-corrected chi connectivity index (χ4v) is 6.95. The Balaban J connectivity index is 1.64. The second kappa shape index (κ2) is 11.1. The van der Waals surface area contributed by atoms with Gasteiger partial charge in [0.25, 0.3) is 10.0 Å². The van der Waals surface area contributed by atoms with Crippen molar-refractivity contribution >= 4 is 21.8 Å². The van der Waals surface area contributed by atoms with Gasteiger partial charge in [-0.1, -0.05) is 35.9 Å². The van der Waals surface area contributed by atoms with Crippen LogP contribution in [-0.4, -0.2) is 32.1 Å². The molecule has 3 aliphatic rings. The van der Waals surface area contributed by atoms with E-state index >= 15 is 0 Å². The quantitative estimate of drug-likeness (QED) is 0.326. The van der Waals surface area contributed by atoms with Crippen molar-refractivity contribution in [3.05, 3.63) is 82.6 Å². The Kier molecular flexibility index (Phi) is 7.62. The van der Waals surface area contributed by atoms with Gasteiger partial charge < -0.3 is 4.74 Å². The number of carbonyl (C=O) groups excluding carboxylic acids is 1. The maximum absolute atomic E-state index is 13.8. The number of sulfonamides is 1. The molecule has 1 atom stereocenters. The van der Waals surface area contributed by atoms with Gasteiger partial charge in [-0.25, -0.2) is 13.2 Å². The zero-order valence-corrected chi connectivity index (χ0v) is 22.9. The van der Waals surface area contributed by atoms with Crippen molar-refractivity contribution < 1.29 is 17.9 Å². The molecular weight excluding hydrogens is 496 g/mol. The maximum atomic E-state index is 13.8. The van der Waals surface area contributed by atoms with Gasteiger partial charge in [0, 0.05) is 11.7 Å². The van der Waals surface area contributed by atoms with Gasteiger partial charge in [0.05, 0.1) is 17.2 Å². The van der Waals surface area contributed by atoms with Crippen LogP contribution in [0.2, 0.25) is 0 Å². The molecule has 7 heteroatoms. The molecular formula is C31H34N2O4S. The molecule has 5 rings (SSSR count). The third-order valence-electron chi connectivity index (χ3n) is 7.51. The number of carbonyl (C=O) groups is 1. The van der Waals surface area contributed by atoms with Gasteiger partial charge in [-0.3, -0.25) is 4.90 Å². The highest BCUT2D eigenvalue weighted by Crippen LogP contribution is 2.45. The molecule has 0 N–H and O–H groups in total. The minimum absolute atomic E-state index is 0.169. The van der Waals surface area contributed by atoms with Gasteiger partial charge in [0.1, 0.15) is 6.04 Å². The second-order valence-electron chi connectivity index (χ2n) is 9.99. The lowest BCUT2D eigenvalue weighted by atomic mass is 9.76. The number of amides is 1. The van der Waals surface area contributed by atoms with E-state index in [0.29, 0.717) is 5.69 Å². The van der Waals surface area contributed by atoms with Crippen LogP contribution in [0.1, 0.15) is 63.9 Å². The smallest absolute Gasteiger partial charge is 0.415 e. The molecule has 1 aliphatic heterocycles. The van der Waals surface area contributed by atoms with Gasteiger partial charge in [0.15, 0.2) is 0 Å². The molecule has 0 saturated carbocycles. The van der Waals surface area contributed by atoms with E-state index in [1.807, 2.05) is 13.0 Å². The highest BCUT2D eigenvalue weighted by molar-refractivity contribution is 7.93. The SMILES string of the molecule is CCOC(=O)N1C2=C(CCCC2)C2=C(CCCC2)C1C#CN(c1ccccc1)S(=O)(=O)c1ccc(C)cc1. The molecule has 0 radical (unpaired) electrons. The Hall–Kier alpha value is -3.50. The van der Waals surface area contributed by atoms with Crippen molar-refractivity contribution in [1.29, 1.82) is 0 Å². The molecule has 2 aliphatic carbocycles. The van der Waals surface area contributed by atoms with E-state index in [4.69, 9.17) is 4.74 Å². The minimum atomic E-state index is -3.98. The Morgan fingerprint density at radius 3 is 2.32 bits per heavy atom. The zero-order valence-electron chi connectivity index (χ0n) is 22.1. The molecule has 1 unspecified atom stereocenters. The Morgan fingerprint density at radius 2 is 1.61 bits per heavy atom. The fourth-order valence-electron chi connectivity index (χ4n) is 5.69. The van der Waals surface area contributed by atoms with Crippen molar-refractivity contribution in [3.8, 4) is 12.0 Å². The molecule has 2 aromatic carbocycles. The summed E-state index contributed by atoms with van der Waals surface area (Å²) >= 11 is 0. The highest BCUT2D eigenvalue weighted by Gasteiger charge is 2.39. The van der Waals surface area contributed by atoms with Crippen LogP contribution in [0, 0.1) is 18.9 Å². The van der Waals surface area contributed by atoms with E-state index in [2.05, 4.69) is 12.0 Å². The van der Waals surface area contributed by atoms with Gasteiger partial charge in [-0.2, -0.15) is 4.31 Å². The first-order valence-electron chi connectivity index (χ1n) is 13.5. The van der Waals surface area contributed by atoms with E-state index < -0.39 is 22.2 Å². The van der Waals surface area contributed by atoms with E-state index in [-0.39, 0.29) is 11.5 Å². The predicted molar refractivity (Wildman–Crippen MR) is 149 cm³/mol. The molecule has 0 spiro atoms. The summed E-state index contributed by atoms with van der Waals surface area (Å²) in [5.74, 6) is 3.26. The molecule has 0 aromatic heterocycles. The average Bonchev–Trinajstić information content (AvgIpc) is 2.94. The van der Waals surface area contributed by atoms with Crippen LogP contribution in [0.25, 0.3) is 0 Å². The molecule has 198 valence electrons. The van der Waals surface area contributed by atoms with E-state index in [1.165, 1.54) is 11.1 Å². The second-order valence-corrected chi connectivity index (χ2v) is 11.8. The van der Waals surface area contributed by atoms with Gasteiger partial charge >= 0.3 is 6.09 Å². The largest absolute Gasteiger partial charge is 0.449 e.